The van der Waals surface area contributed by atoms with Gasteiger partial charge in [0.2, 0.25) is 0 Å². The molecule has 1 aliphatic heterocycles. The summed E-state index contributed by atoms with van der Waals surface area (Å²) in [6.45, 7) is 5.74. The third kappa shape index (κ3) is 8.34. The smallest absolute Gasteiger partial charge is 0.344 e. The molecule has 2 heterocycles. The normalized spacial score (nSPS) is 14.0. The lowest BCUT2D eigenvalue weighted by Crippen LogP contribution is -2.43. The highest BCUT2D eigenvalue weighted by Crippen LogP contribution is 2.36. The van der Waals surface area contributed by atoms with E-state index in [0.29, 0.717) is 22.3 Å². The minimum absolute atomic E-state index is 0.0185. The number of anilines is 2. The molecular formula is C28H29Cl3N4O5S. The molecule has 218 valence electrons. The van der Waals surface area contributed by atoms with Gasteiger partial charge in [0, 0.05) is 54.5 Å². The molecule has 0 atom stereocenters. The number of benzene rings is 2. The van der Waals surface area contributed by atoms with Gasteiger partial charge in [-0.1, -0.05) is 34.8 Å². The van der Waals surface area contributed by atoms with Crippen molar-refractivity contribution in [3.8, 4) is 5.75 Å². The van der Waals surface area contributed by atoms with Crippen molar-refractivity contribution in [3.63, 3.8) is 0 Å². The van der Waals surface area contributed by atoms with Gasteiger partial charge in [0.15, 0.2) is 6.61 Å². The van der Waals surface area contributed by atoms with E-state index in [1.54, 1.807) is 31.2 Å². The number of esters is 1. The van der Waals surface area contributed by atoms with Crippen molar-refractivity contribution in [2.45, 2.75) is 13.5 Å². The van der Waals surface area contributed by atoms with Crippen LogP contribution >= 0.6 is 46.1 Å². The monoisotopic (exact) mass is 638 g/mol. The van der Waals surface area contributed by atoms with Crippen LogP contribution in [0.1, 0.15) is 32.5 Å². The van der Waals surface area contributed by atoms with E-state index in [0.717, 1.165) is 31.7 Å². The zero-order valence-corrected chi connectivity index (χ0v) is 25.6. The molecule has 2 amide bonds. The van der Waals surface area contributed by atoms with Gasteiger partial charge in [-0.3, -0.25) is 14.5 Å². The van der Waals surface area contributed by atoms with E-state index in [4.69, 9.17) is 44.3 Å². The number of hydrogen-bond donors (Lipinski definition) is 2. The molecule has 1 aromatic heterocycles. The van der Waals surface area contributed by atoms with E-state index in [-0.39, 0.29) is 33.5 Å². The standard InChI is InChI=1S/C28H29Cl3N4O5S/c1-3-39-23(36)15-40-22-13-19(30)12-21(27(37)32-20-6-4-18(29)5-7-20)25(22)33-28(38)26-24(31)17(16-41-26)14-35-10-8-34(2)9-11-35/h4-7,12-13,16H,3,8-11,14-15H2,1-2H3,(H,32,37)(H,33,38). The van der Waals surface area contributed by atoms with Gasteiger partial charge in [-0.25, -0.2) is 4.79 Å². The Morgan fingerprint density at radius 2 is 1.66 bits per heavy atom. The minimum Gasteiger partial charge on any atom is -0.480 e. The van der Waals surface area contributed by atoms with E-state index in [1.165, 1.54) is 23.5 Å². The van der Waals surface area contributed by atoms with Gasteiger partial charge in [0.25, 0.3) is 11.8 Å². The first-order valence-corrected chi connectivity index (χ1v) is 14.8. The third-order valence-corrected chi connectivity index (χ3v) is 8.34. The molecule has 13 heteroatoms. The van der Waals surface area contributed by atoms with Gasteiger partial charge in [-0.05, 0) is 55.2 Å². The second-order valence-electron chi connectivity index (χ2n) is 9.32. The molecule has 0 saturated carbocycles. The van der Waals surface area contributed by atoms with Gasteiger partial charge in [-0.15, -0.1) is 11.3 Å². The molecule has 1 fully saturated rings. The lowest BCUT2D eigenvalue weighted by atomic mass is 10.1. The van der Waals surface area contributed by atoms with Crippen LogP contribution in [0.5, 0.6) is 5.75 Å². The molecular weight excluding hydrogens is 611 g/mol. The number of carbonyl (C=O) groups excluding carboxylic acids is 3. The van der Waals surface area contributed by atoms with Crippen LogP contribution in [0.15, 0.2) is 41.8 Å². The van der Waals surface area contributed by atoms with E-state index < -0.39 is 24.4 Å². The topological polar surface area (TPSA) is 100 Å². The quantitative estimate of drug-likeness (QED) is 0.267. The molecule has 2 aromatic carbocycles. The van der Waals surface area contributed by atoms with Crippen LogP contribution < -0.4 is 15.4 Å². The van der Waals surface area contributed by atoms with Crippen LogP contribution in [-0.4, -0.2) is 74.0 Å². The zero-order chi connectivity index (χ0) is 29.5. The lowest BCUT2D eigenvalue weighted by Gasteiger charge is -2.32. The maximum atomic E-state index is 13.5. The van der Waals surface area contributed by atoms with Crippen LogP contribution in [0.3, 0.4) is 0 Å². The Labute approximate surface area is 257 Å². The van der Waals surface area contributed by atoms with Gasteiger partial charge in [-0.2, -0.15) is 0 Å². The molecule has 2 N–H and O–H groups in total. The Morgan fingerprint density at radius 3 is 2.34 bits per heavy atom. The molecule has 1 saturated heterocycles. The SMILES string of the molecule is CCOC(=O)COc1cc(Cl)cc(C(=O)Nc2ccc(Cl)cc2)c1NC(=O)c1scc(CN2CCN(C)CC2)c1Cl. The number of carbonyl (C=O) groups is 3. The molecule has 0 spiro atoms. The van der Waals surface area contributed by atoms with Crippen molar-refractivity contribution in [1.82, 2.24) is 9.80 Å². The number of piperazine rings is 1. The van der Waals surface area contributed by atoms with Crippen LogP contribution in [0.25, 0.3) is 0 Å². The Morgan fingerprint density at radius 1 is 0.951 bits per heavy atom. The Hall–Kier alpha value is -2.86. The first-order valence-electron chi connectivity index (χ1n) is 12.8. The van der Waals surface area contributed by atoms with Gasteiger partial charge < -0.3 is 25.0 Å². The highest BCUT2D eigenvalue weighted by atomic mass is 35.5. The number of amides is 2. The third-order valence-electron chi connectivity index (χ3n) is 6.30. The second kappa shape index (κ2) is 14.4. The predicted molar refractivity (Wildman–Crippen MR) is 163 cm³/mol. The molecule has 41 heavy (non-hydrogen) atoms. The summed E-state index contributed by atoms with van der Waals surface area (Å²) in [5, 5.41) is 8.40. The second-order valence-corrected chi connectivity index (χ2v) is 11.4. The fourth-order valence-corrected chi connectivity index (χ4v) is 5.71. The average molecular weight is 640 g/mol. The van der Waals surface area contributed by atoms with E-state index >= 15 is 0 Å². The summed E-state index contributed by atoms with van der Waals surface area (Å²) in [5.74, 6) is -1.70. The number of nitrogens with one attached hydrogen (secondary N) is 2. The summed E-state index contributed by atoms with van der Waals surface area (Å²) >= 11 is 20.2. The van der Waals surface area contributed by atoms with E-state index in [1.807, 2.05) is 5.38 Å². The number of hydrogen-bond acceptors (Lipinski definition) is 8. The summed E-state index contributed by atoms with van der Waals surface area (Å²) in [6, 6.07) is 9.33. The molecule has 9 nitrogen and oxygen atoms in total. The van der Waals surface area contributed by atoms with Gasteiger partial charge in [0.05, 0.1) is 22.9 Å². The Balaban J connectivity index is 1.61. The summed E-state index contributed by atoms with van der Waals surface area (Å²) in [6.07, 6.45) is 0. The van der Waals surface area contributed by atoms with Crippen molar-refractivity contribution in [1.29, 1.82) is 0 Å². The maximum Gasteiger partial charge on any atom is 0.344 e. The average Bonchev–Trinajstić information content (AvgIpc) is 3.30. The first-order chi connectivity index (χ1) is 19.6. The molecule has 1 aliphatic rings. The van der Waals surface area contributed by atoms with Crippen LogP contribution in [0.2, 0.25) is 15.1 Å². The fourth-order valence-electron chi connectivity index (χ4n) is 4.13. The fraction of sp³-hybridized carbons (Fsp3) is 0.321. The summed E-state index contributed by atoms with van der Waals surface area (Å²) < 4.78 is 10.6. The molecule has 0 bridgehead atoms. The van der Waals surface area contributed by atoms with Crippen LogP contribution in [0.4, 0.5) is 11.4 Å². The number of halogens is 3. The number of likely N-dealkylation sites (N-methyl/N-ethyl adjacent to an activating group) is 1. The van der Waals surface area contributed by atoms with Crippen LogP contribution in [-0.2, 0) is 16.1 Å². The van der Waals surface area contributed by atoms with Crippen LogP contribution in [0, 0.1) is 0 Å². The maximum absolute atomic E-state index is 13.5. The molecule has 0 unspecified atom stereocenters. The number of rotatable bonds is 10. The number of nitrogens with zero attached hydrogens (tertiary/aromatic N) is 2. The highest BCUT2D eigenvalue weighted by molar-refractivity contribution is 7.13. The van der Waals surface area contributed by atoms with Crippen molar-refractivity contribution in [2.75, 3.05) is 57.1 Å². The van der Waals surface area contributed by atoms with Crippen molar-refractivity contribution >= 4 is 75.3 Å². The van der Waals surface area contributed by atoms with Gasteiger partial charge in [0.1, 0.15) is 10.6 Å². The van der Waals surface area contributed by atoms with Crippen molar-refractivity contribution in [2.24, 2.45) is 0 Å². The zero-order valence-electron chi connectivity index (χ0n) is 22.5. The molecule has 3 aromatic rings. The molecule has 0 radical (unpaired) electrons. The van der Waals surface area contributed by atoms with E-state index in [2.05, 4.69) is 27.5 Å². The summed E-state index contributed by atoms with van der Waals surface area (Å²) in [7, 11) is 2.09. The van der Waals surface area contributed by atoms with Crippen molar-refractivity contribution in [3.05, 3.63) is 72.9 Å². The Kier molecular flexibility index (Phi) is 10.9. The summed E-state index contributed by atoms with van der Waals surface area (Å²) in [5.41, 5.74) is 1.37. The number of thiophene rings is 1. The summed E-state index contributed by atoms with van der Waals surface area (Å²) in [4.78, 5) is 43.7. The van der Waals surface area contributed by atoms with Gasteiger partial charge >= 0.3 is 5.97 Å². The number of ether oxygens (including phenoxy) is 2. The Bertz CT molecular complexity index is 1410. The minimum atomic E-state index is -0.619. The largest absolute Gasteiger partial charge is 0.480 e. The molecule has 0 aliphatic carbocycles. The van der Waals surface area contributed by atoms with E-state index in [9.17, 15) is 14.4 Å². The lowest BCUT2D eigenvalue weighted by molar-refractivity contribution is -0.145. The van der Waals surface area contributed by atoms with Crippen molar-refractivity contribution < 1.29 is 23.9 Å². The highest BCUT2D eigenvalue weighted by Gasteiger charge is 2.25. The molecule has 4 rings (SSSR count). The predicted octanol–water partition coefficient (Wildman–Crippen LogP) is 5.90. The first kappa shape index (κ1) is 31.1.